The van der Waals surface area contributed by atoms with Gasteiger partial charge in [-0.05, 0) is 30.5 Å². The number of aromatic carboxylic acids is 1. The molecule has 0 saturated heterocycles. The number of aromatic nitrogens is 1. The number of hydrogen-bond donors (Lipinski definition) is 1. The molecule has 1 atom stereocenters. The van der Waals surface area contributed by atoms with E-state index in [4.69, 9.17) is 4.52 Å². The summed E-state index contributed by atoms with van der Waals surface area (Å²) in [7, 11) is 0. The highest BCUT2D eigenvalue weighted by atomic mass is 79.9. The van der Waals surface area contributed by atoms with Crippen LogP contribution < -0.4 is 0 Å². The van der Waals surface area contributed by atoms with Crippen molar-refractivity contribution in [2.24, 2.45) is 0 Å². The molecule has 1 fully saturated rings. The molecule has 1 aromatic heterocycles. The SMILES string of the molecule is O=C(O)c1noc(C2CC2)c1C(=O)c1ccc(CS(=O)[O-])cc1Br. The zero-order valence-electron chi connectivity index (χ0n) is 12.2. The Balaban J connectivity index is 2.02. The summed E-state index contributed by atoms with van der Waals surface area (Å²) in [4.78, 5) is 24.1. The minimum atomic E-state index is -2.24. The molecular formula is C15H11BrNO6S-. The van der Waals surface area contributed by atoms with Crippen molar-refractivity contribution in [3.05, 3.63) is 50.8 Å². The van der Waals surface area contributed by atoms with Gasteiger partial charge in [-0.25, -0.2) is 4.79 Å². The van der Waals surface area contributed by atoms with Crippen LogP contribution in [0.3, 0.4) is 0 Å². The Bertz CT molecular complexity index is 858. The Morgan fingerprint density at radius 3 is 2.67 bits per heavy atom. The van der Waals surface area contributed by atoms with Gasteiger partial charge >= 0.3 is 5.97 Å². The molecule has 1 unspecified atom stereocenters. The fraction of sp³-hybridized carbons (Fsp3) is 0.267. The molecule has 9 heteroatoms. The minimum Gasteiger partial charge on any atom is -0.772 e. The van der Waals surface area contributed by atoms with Crippen molar-refractivity contribution < 1.29 is 28.0 Å². The Morgan fingerprint density at radius 1 is 1.42 bits per heavy atom. The van der Waals surface area contributed by atoms with Crippen LogP contribution in [-0.2, 0) is 16.8 Å². The van der Waals surface area contributed by atoms with E-state index in [0.29, 0.717) is 15.8 Å². The number of carbonyl (C=O) groups excluding carboxylic acids is 1. The van der Waals surface area contributed by atoms with Gasteiger partial charge in [-0.3, -0.25) is 9.00 Å². The second-order valence-corrected chi connectivity index (χ2v) is 7.19. The first-order chi connectivity index (χ1) is 11.4. The van der Waals surface area contributed by atoms with Crippen LogP contribution in [0.1, 0.15) is 56.5 Å². The first-order valence-electron chi connectivity index (χ1n) is 7.00. The lowest BCUT2D eigenvalue weighted by Gasteiger charge is -2.09. The van der Waals surface area contributed by atoms with E-state index in [9.17, 15) is 23.5 Å². The van der Waals surface area contributed by atoms with Gasteiger partial charge in [-0.2, -0.15) is 0 Å². The number of ketones is 1. The van der Waals surface area contributed by atoms with Crippen LogP contribution in [-0.4, -0.2) is 30.8 Å². The van der Waals surface area contributed by atoms with Crippen LogP contribution in [0.15, 0.2) is 27.2 Å². The van der Waals surface area contributed by atoms with Gasteiger partial charge in [0, 0.05) is 21.7 Å². The number of carboxylic acids is 1. The van der Waals surface area contributed by atoms with Crippen molar-refractivity contribution in [3.8, 4) is 0 Å². The van der Waals surface area contributed by atoms with E-state index < -0.39 is 28.5 Å². The van der Waals surface area contributed by atoms with E-state index >= 15 is 0 Å². The highest BCUT2D eigenvalue weighted by molar-refractivity contribution is 9.10. The second-order valence-electron chi connectivity index (χ2n) is 5.44. The van der Waals surface area contributed by atoms with E-state index in [-0.39, 0.29) is 22.8 Å². The summed E-state index contributed by atoms with van der Waals surface area (Å²) in [5.41, 5.74) is 0.297. The largest absolute Gasteiger partial charge is 0.772 e. The molecule has 0 radical (unpaired) electrons. The predicted molar refractivity (Wildman–Crippen MR) is 85.6 cm³/mol. The van der Waals surface area contributed by atoms with E-state index in [1.807, 2.05) is 0 Å². The minimum absolute atomic E-state index is 0.0190. The summed E-state index contributed by atoms with van der Waals surface area (Å²) in [5, 5.41) is 12.8. The highest BCUT2D eigenvalue weighted by Gasteiger charge is 2.37. The first kappa shape index (κ1) is 17.0. The lowest BCUT2D eigenvalue weighted by atomic mass is 9.99. The molecule has 1 saturated carbocycles. The zero-order valence-corrected chi connectivity index (χ0v) is 14.6. The van der Waals surface area contributed by atoms with Gasteiger partial charge < -0.3 is 14.2 Å². The summed E-state index contributed by atoms with van der Waals surface area (Å²) >= 11 is 1.00. The molecule has 1 aliphatic rings. The molecule has 0 aliphatic heterocycles. The van der Waals surface area contributed by atoms with Crippen molar-refractivity contribution >= 4 is 38.8 Å². The third-order valence-corrected chi connectivity index (χ3v) is 4.88. The van der Waals surface area contributed by atoms with E-state index in [0.717, 1.165) is 12.8 Å². The third kappa shape index (κ3) is 3.33. The average Bonchev–Trinajstić information content (AvgIpc) is 3.24. The third-order valence-electron chi connectivity index (χ3n) is 3.66. The molecule has 24 heavy (non-hydrogen) atoms. The molecule has 126 valence electrons. The lowest BCUT2D eigenvalue weighted by Crippen LogP contribution is -2.11. The zero-order chi connectivity index (χ0) is 17.4. The summed E-state index contributed by atoms with van der Waals surface area (Å²) in [6.07, 6.45) is 1.65. The van der Waals surface area contributed by atoms with Crippen molar-refractivity contribution in [1.82, 2.24) is 5.16 Å². The molecular weight excluding hydrogens is 402 g/mol. The molecule has 7 nitrogen and oxygen atoms in total. The Hall–Kier alpha value is -1.84. The van der Waals surface area contributed by atoms with Crippen LogP contribution in [0, 0.1) is 0 Å². The van der Waals surface area contributed by atoms with Crippen molar-refractivity contribution in [1.29, 1.82) is 0 Å². The topological polar surface area (TPSA) is 121 Å². The number of carbonyl (C=O) groups is 2. The fourth-order valence-electron chi connectivity index (χ4n) is 2.40. The van der Waals surface area contributed by atoms with E-state index in [1.165, 1.54) is 18.2 Å². The van der Waals surface area contributed by atoms with Crippen molar-refractivity contribution in [2.45, 2.75) is 24.5 Å². The highest BCUT2D eigenvalue weighted by Crippen LogP contribution is 2.43. The lowest BCUT2D eigenvalue weighted by molar-refractivity contribution is 0.0682. The molecule has 2 aromatic rings. The number of halogens is 1. The smallest absolute Gasteiger partial charge is 0.358 e. The second kappa shape index (κ2) is 6.58. The van der Waals surface area contributed by atoms with Gasteiger partial charge in [-0.1, -0.05) is 38.2 Å². The van der Waals surface area contributed by atoms with Crippen molar-refractivity contribution in [3.63, 3.8) is 0 Å². The first-order valence-corrected chi connectivity index (χ1v) is 9.04. The molecule has 1 aliphatic carbocycles. The van der Waals surface area contributed by atoms with Gasteiger partial charge in [-0.15, -0.1) is 0 Å². The average molecular weight is 413 g/mol. The summed E-state index contributed by atoms with van der Waals surface area (Å²) in [5.74, 6) is -1.70. The van der Waals surface area contributed by atoms with Crippen LogP contribution in [0.25, 0.3) is 0 Å². The Morgan fingerprint density at radius 2 is 2.12 bits per heavy atom. The van der Waals surface area contributed by atoms with Gasteiger partial charge in [0.1, 0.15) is 5.56 Å². The van der Waals surface area contributed by atoms with Crippen LogP contribution in [0.2, 0.25) is 0 Å². The summed E-state index contributed by atoms with van der Waals surface area (Å²) in [6.45, 7) is 0. The van der Waals surface area contributed by atoms with Gasteiger partial charge in [0.2, 0.25) is 5.69 Å². The Labute approximate surface area is 147 Å². The van der Waals surface area contributed by atoms with Crippen molar-refractivity contribution in [2.75, 3.05) is 0 Å². The van der Waals surface area contributed by atoms with E-state index in [1.54, 1.807) is 0 Å². The number of nitrogens with zero attached hydrogens (tertiary/aromatic N) is 1. The van der Waals surface area contributed by atoms with Gasteiger partial charge in [0.15, 0.2) is 11.5 Å². The van der Waals surface area contributed by atoms with Crippen LogP contribution in [0.5, 0.6) is 0 Å². The quantitative estimate of drug-likeness (QED) is 0.571. The predicted octanol–water partition coefficient (Wildman–Crippen LogP) is 2.62. The monoisotopic (exact) mass is 412 g/mol. The van der Waals surface area contributed by atoms with Gasteiger partial charge in [0.05, 0.1) is 0 Å². The maximum Gasteiger partial charge on any atom is 0.358 e. The number of rotatable bonds is 6. The standard InChI is InChI=1S/C15H12BrNO6S/c16-10-5-7(6-24(21)22)1-4-9(10)13(18)11-12(15(19)20)17-23-14(11)8-2-3-8/h1,4-5,8H,2-3,6H2,(H,19,20)(H,21,22)/p-1. The van der Waals surface area contributed by atoms with Crippen LogP contribution >= 0.6 is 15.9 Å². The normalized spacial score (nSPS) is 15.2. The number of hydrogen-bond acceptors (Lipinski definition) is 6. The molecule has 0 bridgehead atoms. The molecule has 1 heterocycles. The summed E-state index contributed by atoms with van der Waals surface area (Å²) in [6, 6.07) is 4.50. The number of benzene rings is 1. The summed E-state index contributed by atoms with van der Waals surface area (Å²) < 4.78 is 27.0. The molecule has 1 N–H and O–H groups in total. The molecule has 0 spiro atoms. The number of carboxylic acid groups (broad SMARTS) is 1. The van der Waals surface area contributed by atoms with E-state index in [2.05, 4.69) is 21.1 Å². The maximum atomic E-state index is 12.8. The maximum absolute atomic E-state index is 12.8. The molecule has 0 amide bonds. The fourth-order valence-corrected chi connectivity index (χ4v) is 3.45. The van der Waals surface area contributed by atoms with Crippen LogP contribution in [0.4, 0.5) is 0 Å². The molecule has 1 aromatic carbocycles. The Kier molecular flexibility index (Phi) is 4.66. The van der Waals surface area contributed by atoms with Gasteiger partial charge in [0.25, 0.3) is 0 Å². The molecule has 3 rings (SSSR count).